The predicted octanol–water partition coefficient (Wildman–Crippen LogP) is 1.61. The number of benzene rings is 1. The number of rotatable bonds is 7. The van der Waals surface area contributed by atoms with E-state index in [0.29, 0.717) is 12.2 Å². The number of ether oxygens (including phenoxy) is 2. The molecule has 1 aromatic rings. The third kappa shape index (κ3) is 3.12. The lowest BCUT2D eigenvalue weighted by atomic mass is 9.81. The average molecular weight is 266 g/mol. The molecule has 0 radical (unpaired) electrons. The number of hydrogen-bond donors (Lipinski definition) is 1. The van der Waals surface area contributed by atoms with Gasteiger partial charge < -0.3 is 14.6 Å². The molecule has 19 heavy (non-hydrogen) atoms. The van der Waals surface area contributed by atoms with E-state index in [9.17, 15) is 14.7 Å². The number of esters is 1. The van der Waals surface area contributed by atoms with E-state index in [2.05, 4.69) is 0 Å². The van der Waals surface area contributed by atoms with Crippen molar-refractivity contribution in [2.45, 2.75) is 19.3 Å². The van der Waals surface area contributed by atoms with Crippen molar-refractivity contribution >= 4 is 11.9 Å². The Bertz CT molecular complexity index is 429. The fourth-order valence-electron chi connectivity index (χ4n) is 1.76. The van der Waals surface area contributed by atoms with Crippen LogP contribution in [-0.2, 0) is 24.5 Å². The van der Waals surface area contributed by atoms with Gasteiger partial charge in [-0.2, -0.15) is 0 Å². The van der Waals surface area contributed by atoms with Crippen LogP contribution in [0.2, 0.25) is 0 Å². The van der Waals surface area contributed by atoms with Crippen LogP contribution in [0.4, 0.5) is 0 Å². The molecule has 0 bridgehead atoms. The third-order valence-corrected chi connectivity index (χ3v) is 2.78. The maximum atomic E-state index is 12.1. The molecule has 0 saturated carbocycles. The van der Waals surface area contributed by atoms with Crippen molar-refractivity contribution in [1.29, 1.82) is 0 Å². The van der Waals surface area contributed by atoms with E-state index < -0.39 is 17.4 Å². The summed E-state index contributed by atoms with van der Waals surface area (Å²) in [5.74, 6) is -2.08. The average Bonchev–Trinajstić information content (AvgIpc) is 2.41. The fraction of sp³-hybridized carbons (Fsp3) is 0.429. The Morgan fingerprint density at radius 1 is 1.16 bits per heavy atom. The molecule has 0 aliphatic rings. The molecule has 0 fully saturated rings. The Morgan fingerprint density at radius 3 is 2.26 bits per heavy atom. The van der Waals surface area contributed by atoms with Crippen LogP contribution < -0.4 is 0 Å². The van der Waals surface area contributed by atoms with E-state index in [1.165, 1.54) is 0 Å². The summed E-state index contributed by atoms with van der Waals surface area (Å²) in [7, 11) is 0. The molecular weight excluding hydrogens is 248 g/mol. The van der Waals surface area contributed by atoms with Crippen molar-refractivity contribution in [3.05, 3.63) is 35.9 Å². The molecular formula is C14H18O5. The van der Waals surface area contributed by atoms with Gasteiger partial charge in [-0.05, 0) is 19.4 Å². The molecule has 5 heteroatoms. The molecule has 5 nitrogen and oxygen atoms in total. The Balaban J connectivity index is 3.27. The van der Waals surface area contributed by atoms with Gasteiger partial charge in [-0.3, -0.25) is 9.59 Å². The van der Waals surface area contributed by atoms with Crippen molar-refractivity contribution in [1.82, 2.24) is 0 Å². The van der Waals surface area contributed by atoms with Crippen LogP contribution in [0, 0.1) is 0 Å². The van der Waals surface area contributed by atoms with Crippen molar-refractivity contribution in [2.75, 3.05) is 19.8 Å². The molecule has 1 atom stereocenters. The summed E-state index contributed by atoms with van der Waals surface area (Å²) in [6.45, 7) is 3.56. The van der Waals surface area contributed by atoms with Crippen LogP contribution in [0.3, 0.4) is 0 Å². The van der Waals surface area contributed by atoms with Gasteiger partial charge in [0.2, 0.25) is 5.41 Å². The number of hydrogen-bond acceptors (Lipinski definition) is 4. The van der Waals surface area contributed by atoms with Crippen molar-refractivity contribution in [3.8, 4) is 0 Å². The lowest BCUT2D eigenvalue weighted by molar-refractivity contribution is -0.165. The second kappa shape index (κ2) is 6.89. The first-order valence-corrected chi connectivity index (χ1v) is 6.13. The summed E-state index contributed by atoms with van der Waals surface area (Å²) in [6, 6.07) is 8.28. The molecule has 1 rings (SSSR count). The molecule has 1 unspecified atom stereocenters. The minimum absolute atomic E-state index is 0.118. The monoisotopic (exact) mass is 266 g/mol. The van der Waals surface area contributed by atoms with Gasteiger partial charge in [-0.25, -0.2) is 0 Å². The Labute approximate surface area is 112 Å². The van der Waals surface area contributed by atoms with Crippen molar-refractivity contribution in [3.63, 3.8) is 0 Å². The maximum absolute atomic E-state index is 12.1. The van der Waals surface area contributed by atoms with E-state index in [0.717, 1.165) is 0 Å². The highest BCUT2D eigenvalue weighted by Crippen LogP contribution is 2.27. The first kappa shape index (κ1) is 15.2. The van der Waals surface area contributed by atoms with Crippen molar-refractivity contribution in [2.24, 2.45) is 0 Å². The number of aliphatic carboxylic acids is 1. The highest BCUT2D eigenvalue weighted by atomic mass is 16.5. The van der Waals surface area contributed by atoms with E-state index >= 15 is 0 Å². The van der Waals surface area contributed by atoms with Crippen LogP contribution in [0.5, 0.6) is 0 Å². The van der Waals surface area contributed by atoms with Gasteiger partial charge in [-0.15, -0.1) is 0 Å². The molecule has 0 amide bonds. The summed E-state index contributed by atoms with van der Waals surface area (Å²) in [5.41, 5.74) is -1.46. The van der Waals surface area contributed by atoms with Gasteiger partial charge in [0, 0.05) is 6.61 Å². The zero-order chi connectivity index (χ0) is 14.3. The molecule has 0 aromatic heterocycles. The Kier molecular flexibility index (Phi) is 5.51. The number of carboxylic acids is 1. The van der Waals surface area contributed by atoms with Gasteiger partial charge in [-0.1, -0.05) is 30.3 Å². The van der Waals surface area contributed by atoms with Crippen LogP contribution in [0.15, 0.2) is 30.3 Å². The van der Waals surface area contributed by atoms with Crippen LogP contribution in [-0.4, -0.2) is 36.9 Å². The van der Waals surface area contributed by atoms with Crippen molar-refractivity contribution < 1.29 is 24.2 Å². The Morgan fingerprint density at radius 2 is 1.79 bits per heavy atom. The summed E-state index contributed by atoms with van der Waals surface area (Å²) in [6.07, 6.45) is 0. The zero-order valence-electron chi connectivity index (χ0n) is 11.1. The van der Waals surface area contributed by atoms with E-state index in [1.807, 2.05) is 0 Å². The molecule has 0 saturated heterocycles. The van der Waals surface area contributed by atoms with Gasteiger partial charge in [0.1, 0.15) is 0 Å². The number of carboxylic acid groups (broad SMARTS) is 1. The van der Waals surface area contributed by atoms with Crippen LogP contribution >= 0.6 is 0 Å². The predicted molar refractivity (Wildman–Crippen MR) is 68.9 cm³/mol. The molecule has 0 heterocycles. The highest BCUT2D eigenvalue weighted by molar-refractivity contribution is 6.05. The molecule has 104 valence electrons. The fourth-order valence-corrected chi connectivity index (χ4v) is 1.76. The standard InChI is InChI=1S/C14H18O5/c1-3-18-10-14(12(15)16,13(17)19-4-2)11-8-6-5-7-9-11/h5-9H,3-4,10H2,1-2H3,(H,15,16). The summed E-state index contributed by atoms with van der Waals surface area (Å²) in [5, 5.41) is 9.52. The van der Waals surface area contributed by atoms with Gasteiger partial charge >= 0.3 is 11.9 Å². The topological polar surface area (TPSA) is 72.8 Å². The minimum Gasteiger partial charge on any atom is -0.480 e. The normalized spacial score (nSPS) is 13.6. The van der Waals surface area contributed by atoms with Crippen LogP contribution in [0.25, 0.3) is 0 Å². The molecule has 0 aliphatic heterocycles. The largest absolute Gasteiger partial charge is 0.480 e. The van der Waals surface area contributed by atoms with Gasteiger partial charge in [0.15, 0.2) is 0 Å². The summed E-state index contributed by atoms with van der Waals surface area (Å²) in [4.78, 5) is 23.8. The maximum Gasteiger partial charge on any atom is 0.330 e. The first-order chi connectivity index (χ1) is 9.09. The van der Waals surface area contributed by atoms with E-state index in [1.54, 1.807) is 44.2 Å². The van der Waals surface area contributed by atoms with Gasteiger partial charge in [0.25, 0.3) is 0 Å². The zero-order valence-corrected chi connectivity index (χ0v) is 11.1. The third-order valence-electron chi connectivity index (χ3n) is 2.78. The van der Waals surface area contributed by atoms with E-state index in [4.69, 9.17) is 9.47 Å². The molecule has 0 aliphatic carbocycles. The SMILES string of the molecule is CCOCC(C(=O)O)(C(=O)OCC)c1ccccc1. The second-order valence-electron chi connectivity index (χ2n) is 3.93. The quantitative estimate of drug-likeness (QED) is 0.599. The Hall–Kier alpha value is -1.88. The molecule has 1 N–H and O–H groups in total. The minimum atomic E-state index is -1.81. The smallest absolute Gasteiger partial charge is 0.330 e. The lowest BCUT2D eigenvalue weighted by Crippen LogP contribution is -2.49. The number of carbonyl (C=O) groups excluding carboxylic acids is 1. The molecule has 0 spiro atoms. The first-order valence-electron chi connectivity index (χ1n) is 6.13. The summed E-state index contributed by atoms with van der Waals surface area (Å²) < 4.78 is 10.1. The summed E-state index contributed by atoms with van der Waals surface area (Å²) >= 11 is 0. The lowest BCUT2D eigenvalue weighted by Gasteiger charge is -2.27. The highest BCUT2D eigenvalue weighted by Gasteiger charge is 2.49. The number of carbonyl (C=O) groups is 2. The second-order valence-corrected chi connectivity index (χ2v) is 3.93. The van der Waals surface area contributed by atoms with E-state index in [-0.39, 0.29) is 13.2 Å². The van der Waals surface area contributed by atoms with Gasteiger partial charge in [0.05, 0.1) is 13.2 Å². The van der Waals surface area contributed by atoms with Crippen LogP contribution in [0.1, 0.15) is 19.4 Å². The molecule has 1 aromatic carbocycles.